The minimum atomic E-state index is -4.90. The number of rotatable bonds is 6. The Morgan fingerprint density at radius 1 is 1.11 bits per heavy atom. The van der Waals surface area contributed by atoms with E-state index in [-0.39, 0.29) is 29.9 Å². The van der Waals surface area contributed by atoms with Gasteiger partial charge in [0.15, 0.2) is 5.82 Å². The van der Waals surface area contributed by atoms with Crippen LogP contribution in [-0.4, -0.2) is 51.0 Å². The summed E-state index contributed by atoms with van der Waals surface area (Å²) >= 11 is 0. The van der Waals surface area contributed by atoms with Crippen molar-refractivity contribution in [1.29, 1.82) is 5.26 Å². The second-order valence-corrected chi connectivity index (χ2v) is 8.96. The molecule has 0 spiro atoms. The molecule has 0 radical (unpaired) electrons. The van der Waals surface area contributed by atoms with E-state index in [0.717, 1.165) is 12.1 Å². The summed E-state index contributed by atoms with van der Waals surface area (Å²) < 4.78 is 57.4. The average molecular weight is 519 g/mol. The summed E-state index contributed by atoms with van der Waals surface area (Å²) in [7, 11) is 1.60. The molecular formula is C25H26F4N6O2. The van der Waals surface area contributed by atoms with Crippen LogP contribution in [0.3, 0.4) is 0 Å². The minimum Gasteiger partial charge on any atom is -0.406 e. The highest BCUT2D eigenvalue weighted by Gasteiger charge is 2.35. The molecule has 1 saturated heterocycles. The lowest BCUT2D eigenvalue weighted by Gasteiger charge is -2.47. The fraction of sp³-hybridized carbons (Fsp3) is 0.440. The molecule has 1 aliphatic heterocycles. The fourth-order valence-electron chi connectivity index (χ4n) is 4.74. The highest BCUT2D eigenvalue weighted by Crippen LogP contribution is 2.31. The number of pyridine rings is 1. The number of fused-ring (bicyclic) bond motifs is 1. The third-order valence-electron chi connectivity index (χ3n) is 6.71. The zero-order valence-electron chi connectivity index (χ0n) is 20.6. The van der Waals surface area contributed by atoms with E-state index in [0.29, 0.717) is 42.8 Å². The van der Waals surface area contributed by atoms with Gasteiger partial charge in [-0.2, -0.15) is 10.2 Å². The Morgan fingerprint density at radius 3 is 2.46 bits per heavy atom. The third kappa shape index (κ3) is 5.51. The van der Waals surface area contributed by atoms with Gasteiger partial charge in [0.25, 0.3) is 0 Å². The Morgan fingerprint density at radius 2 is 1.84 bits per heavy atom. The van der Waals surface area contributed by atoms with Gasteiger partial charge >= 0.3 is 12.1 Å². The van der Waals surface area contributed by atoms with Crippen LogP contribution in [0.5, 0.6) is 5.75 Å². The minimum absolute atomic E-state index is 0.0617. The molecule has 1 aromatic carbocycles. The Kier molecular flexibility index (Phi) is 7.36. The molecule has 196 valence electrons. The largest absolute Gasteiger partial charge is 0.573 e. The average Bonchev–Trinajstić information content (AvgIpc) is 2.86. The maximum absolute atomic E-state index is 14.7. The molecule has 2 atom stereocenters. The van der Waals surface area contributed by atoms with Crippen LogP contribution in [0.15, 0.2) is 35.1 Å². The van der Waals surface area contributed by atoms with Crippen LogP contribution < -0.4 is 15.3 Å². The van der Waals surface area contributed by atoms with Crippen LogP contribution in [-0.2, 0) is 13.6 Å². The molecule has 0 N–H and O–H groups in total. The van der Waals surface area contributed by atoms with Gasteiger partial charge in [-0.3, -0.25) is 9.47 Å². The van der Waals surface area contributed by atoms with Gasteiger partial charge in [-0.25, -0.2) is 14.2 Å². The number of halogens is 4. The summed E-state index contributed by atoms with van der Waals surface area (Å²) in [5, 5.41) is 9.35. The van der Waals surface area contributed by atoms with Crippen LogP contribution in [0.2, 0.25) is 0 Å². The van der Waals surface area contributed by atoms with Gasteiger partial charge < -0.3 is 9.64 Å². The monoisotopic (exact) mass is 518 g/mol. The van der Waals surface area contributed by atoms with Gasteiger partial charge in [-0.05, 0) is 31.0 Å². The molecule has 37 heavy (non-hydrogen) atoms. The molecule has 3 heterocycles. The summed E-state index contributed by atoms with van der Waals surface area (Å²) in [6, 6.07) is 8.24. The van der Waals surface area contributed by atoms with Crippen LogP contribution in [0.25, 0.3) is 11.0 Å². The number of alkyl halides is 3. The first kappa shape index (κ1) is 26.3. The van der Waals surface area contributed by atoms with Crippen LogP contribution in [0, 0.1) is 17.1 Å². The number of nitriles is 1. The number of piperazine rings is 1. The number of aryl methyl sites for hydroxylation is 1. The lowest BCUT2D eigenvalue weighted by Crippen LogP contribution is -2.58. The SMILES string of the molecule is CC[C@@H]1CN(c2nc(=O)n(C)c3ccc(C#N)nc23)[C@@H](CC)CN1Cc1ccc(OC(F)(F)F)cc1F. The van der Waals surface area contributed by atoms with Crippen molar-refractivity contribution in [2.24, 2.45) is 7.05 Å². The van der Waals surface area contributed by atoms with Gasteiger partial charge in [0.2, 0.25) is 0 Å². The smallest absolute Gasteiger partial charge is 0.406 e. The van der Waals surface area contributed by atoms with E-state index in [1.54, 1.807) is 19.2 Å². The molecule has 0 aliphatic carbocycles. The Labute approximate surface area is 210 Å². The van der Waals surface area contributed by atoms with E-state index < -0.39 is 23.6 Å². The van der Waals surface area contributed by atoms with E-state index in [1.807, 2.05) is 24.8 Å². The number of aromatic nitrogens is 3. The first-order chi connectivity index (χ1) is 17.5. The molecule has 8 nitrogen and oxygen atoms in total. The molecule has 12 heteroatoms. The van der Waals surface area contributed by atoms with Crippen molar-refractivity contribution < 1.29 is 22.3 Å². The van der Waals surface area contributed by atoms with Gasteiger partial charge in [-0.1, -0.05) is 19.9 Å². The highest BCUT2D eigenvalue weighted by atomic mass is 19.4. The topological polar surface area (TPSA) is 87.3 Å². The summed E-state index contributed by atoms with van der Waals surface area (Å²) in [6.07, 6.45) is -3.51. The summed E-state index contributed by atoms with van der Waals surface area (Å²) in [5.74, 6) is -0.982. The first-order valence-electron chi connectivity index (χ1n) is 11.9. The predicted octanol–water partition coefficient (Wildman–Crippen LogP) is 4.12. The summed E-state index contributed by atoms with van der Waals surface area (Å²) in [5.41, 5.74) is 1.04. The first-order valence-corrected chi connectivity index (χ1v) is 11.9. The fourth-order valence-corrected chi connectivity index (χ4v) is 4.74. The Balaban J connectivity index is 1.65. The van der Waals surface area contributed by atoms with Crippen molar-refractivity contribution in [2.75, 3.05) is 18.0 Å². The van der Waals surface area contributed by atoms with Crippen LogP contribution >= 0.6 is 0 Å². The zero-order chi connectivity index (χ0) is 26.9. The summed E-state index contributed by atoms with van der Waals surface area (Å²) in [6.45, 7) is 5.15. The molecule has 4 rings (SSSR count). The Hall–Kier alpha value is -3.72. The van der Waals surface area contributed by atoms with E-state index in [9.17, 15) is 27.6 Å². The van der Waals surface area contributed by atoms with Crippen LogP contribution in [0.4, 0.5) is 23.4 Å². The molecule has 1 fully saturated rings. The number of anilines is 1. The molecule has 0 saturated carbocycles. The van der Waals surface area contributed by atoms with Gasteiger partial charge in [0.1, 0.15) is 28.8 Å². The lowest BCUT2D eigenvalue weighted by molar-refractivity contribution is -0.274. The predicted molar refractivity (Wildman–Crippen MR) is 128 cm³/mol. The highest BCUT2D eigenvalue weighted by molar-refractivity contribution is 5.86. The second-order valence-electron chi connectivity index (χ2n) is 8.96. The van der Waals surface area contributed by atoms with E-state index in [1.165, 1.54) is 10.6 Å². The quantitative estimate of drug-likeness (QED) is 0.454. The molecular weight excluding hydrogens is 492 g/mol. The maximum atomic E-state index is 14.7. The van der Waals surface area contributed by atoms with Crippen LogP contribution in [0.1, 0.15) is 37.9 Å². The molecule has 1 aliphatic rings. The van der Waals surface area contributed by atoms with Crippen molar-refractivity contribution in [2.45, 2.75) is 51.7 Å². The van der Waals surface area contributed by atoms with E-state index >= 15 is 0 Å². The molecule has 0 amide bonds. The number of hydrogen-bond acceptors (Lipinski definition) is 7. The molecule has 0 bridgehead atoms. The number of ether oxygens (including phenoxy) is 1. The van der Waals surface area contributed by atoms with Gasteiger partial charge in [-0.15, -0.1) is 13.2 Å². The number of nitrogens with zero attached hydrogens (tertiary/aromatic N) is 6. The normalized spacial score (nSPS) is 18.7. The number of benzene rings is 1. The third-order valence-corrected chi connectivity index (χ3v) is 6.71. The van der Waals surface area contributed by atoms with Gasteiger partial charge in [0, 0.05) is 50.4 Å². The maximum Gasteiger partial charge on any atom is 0.573 e. The standard InChI is InChI=1S/C25H26F4N6O2/c1-4-17-14-35(23-22-21(33(3)24(36)32-23)9-7-16(11-30)31-22)18(5-2)13-34(17)12-15-6-8-19(10-20(15)26)37-25(27,28)29/h6-10,17-18H,4-5,12-14H2,1-3H3/t17-,18+/m1/s1. The molecule has 0 unspecified atom stereocenters. The lowest BCUT2D eigenvalue weighted by atomic mass is 10.0. The van der Waals surface area contributed by atoms with E-state index in [2.05, 4.69) is 19.6 Å². The number of hydrogen-bond donors (Lipinski definition) is 0. The van der Waals surface area contributed by atoms with Crippen molar-refractivity contribution >= 4 is 16.9 Å². The summed E-state index contributed by atoms with van der Waals surface area (Å²) in [4.78, 5) is 25.5. The molecule has 3 aromatic rings. The van der Waals surface area contributed by atoms with Crippen molar-refractivity contribution in [3.05, 3.63) is 57.9 Å². The van der Waals surface area contributed by atoms with Crippen molar-refractivity contribution in [3.8, 4) is 11.8 Å². The van der Waals surface area contributed by atoms with Gasteiger partial charge in [0.05, 0.1) is 5.52 Å². The van der Waals surface area contributed by atoms with E-state index in [4.69, 9.17) is 0 Å². The Bertz CT molecular complexity index is 1400. The molecule has 2 aromatic heterocycles. The van der Waals surface area contributed by atoms with Crippen molar-refractivity contribution in [3.63, 3.8) is 0 Å². The zero-order valence-corrected chi connectivity index (χ0v) is 20.6. The second kappa shape index (κ2) is 10.3. The van der Waals surface area contributed by atoms with Crippen molar-refractivity contribution in [1.82, 2.24) is 19.4 Å².